The van der Waals surface area contributed by atoms with E-state index in [1.807, 2.05) is 18.2 Å². The molecule has 1 saturated heterocycles. The van der Waals surface area contributed by atoms with Crippen molar-refractivity contribution >= 4 is 28.9 Å². The van der Waals surface area contributed by atoms with Crippen LogP contribution in [-0.4, -0.2) is 60.0 Å². The summed E-state index contributed by atoms with van der Waals surface area (Å²) in [6.45, 7) is 5.06. The van der Waals surface area contributed by atoms with Crippen molar-refractivity contribution in [3.63, 3.8) is 0 Å². The Kier molecular flexibility index (Phi) is 6.69. The van der Waals surface area contributed by atoms with Crippen LogP contribution in [0, 0.1) is 10.1 Å². The van der Waals surface area contributed by atoms with E-state index in [0.717, 1.165) is 69.0 Å². The number of nitrogen functional groups attached to an aromatic ring is 1. The quantitative estimate of drug-likeness (QED) is 0.364. The Hall–Kier alpha value is -3.40. The van der Waals surface area contributed by atoms with Crippen LogP contribution in [-0.2, 0) is 11.2 Å². The van der Waals surface area contributed by atoms with E-state index >= 15 is 0 Å². The van der Waals surface area contributed by atoms with Crippen molar-refractivity contribution in [2.24, 2.45) is 0 Å². The largest absolute Gasteiger partial charge is 0.494 e. The van der Waals surface area contributed by atoms with E-state index in [2.05, 4.69) is 20.1 Å². The van der Waals surface area contributed by atoms with Crippen molar-refractivity contribution in [2.75, 3.05) is 55.3 Å². The summed E-state index contributed by atoms with van der Waals surface area (Å²) in [6, 6.07) is 8.98. The number of anilines is 3. The Morgan fingerprint density at radius 2 is 1.94 bits per heavy atom. The molecule has 0 bridgehead atoms. The van der Waals surface area contributed by atoms with Gasteiger partial charge in [-0.2, -0.15) is 0 Å². The van der Waals surface area contributed by atoms with E-state index in [4.69, 9.17) is 10.5 Å². The van der Waals surface area contributed by atoms with E-state index in [1.165, 1.54) is 6.07 Å². The lowest BCUT2D eigenvalue weighted by Crippen LogP contribution is -2.47. The molecule has 10 nitrogen and oxygen atoms in total. The fourth-order valence-corrected chi connectivity index (χ4v) is 4.06. The average Bonchev–Trinajstić information content (AvgIpc) is 2.78. The van der Waals surface area contributed by atoms with Crippen LogP contribution in [0.1, 0.15) is 24.8 Å². The summed E-state index contributed by atoms with van der Waals surface area (Å²) in [5, 5.41) is 13.8. The molecule has 32 heavy (non-hydrogen) atoms. The van der Waals surface area contributed by atoms with Gasteiger partial charge in [0.25, 0.3) is 0 Å². The van der Waals surface area contributed by atoms with E-state index in [9.17, 15) is 14.9 Å². The number of hydrogen-bond acceptors (Lipinski definition) is 8. The Balaban J connectivity index is 1.15. The molecular weight excluding hydrogens is 412 g/mol. The molecule has 0 radical (unpaired) electrons. The van der Waals surface area contributed by atoms with Crippen molar-refractivity contribution in [2.45, 2.75) is 25.7 Å². The van der Waals surface area contributed by atoms with E-state index in [-0.39, 0.29) is 17.4 Å². The number of amides is 1. The molecule has 2 aliphatic rings. The minimum absolute atomic E-state index is 0.0452. The maximum Gasteiger partial charge on any atom is 0.311 e. The predicted molar refractivity (Wildman–Crippen MR) is 122 cm³/mol. The zero-order chi connectivity index (χ0) is 22.5. The Bertz CT molecular complexity index is 990. The van der Waals surface area contributed by atoms with Crippen LogP contribution in [0.2, 0.25) is 0 Å². The minimum Gasteiger partial charge on any atom is -0.494 e. The Morgan fingerprint density at radius 1 is 1.12 bits per heavy atom. The van der Waals surface area contributed by atoms with Gasteiger partial charge in [0.2, 0.25) is 11.7 Å². The first-order valence-electron chi connectivity index (χ1n) is 10.9. The van der Waals surface area contributed by atoms with Crippen LogP contribution in [0.5, 0.6) is 5.75 Å². The summed E-state index contributed by atoms with van der Waals surface area (Å²) in [6.07, 6.45) is 3.30. The van der Waals surface area contributed by atoms with E-state index in [1.54, 1.807) is 6.07 Å². The average molecular weight is 441 g/mol. The molecule has 10 heteroatoms. The number of benzene rings is 1. The molecule has 3 heterocycles. The van der Waals surface area contributed by atoms with Crippen molar-refractivity contribution < 1.29 is 14.5 Å². The van der Waals surface area contributed by atoms with Gasteiger partial charge in [-0.25, -0.2) is 4.98 Å². The van der Waals surface area contributed by atoms with Gasteiger partial charge in [0, 0.05) is 50.4 Å². The molecule has 0 saturated carbocycles. The highest BCUT2D eigenvalue weighted by molar-refractivity contribution is 5.94. The molecule has 0 unspecified atom stereocenters. The topological polar surface area (TPSA) is 127 Å². The molecule has 3 N–H and O–H groups in total. The van der Waals surface area contributed by atoms with Crippen molar-refractivity contribution in [3.8, 4) is 5.75 Å². The van der Waals surface area contributed by atoms with E-state index < -0.39 is 4.92 Å². The number of piperazine rings is 1. The summed E-state index contributed by atoms with van der Waals surface area (Å²) >= 11 is 0. The number of hydrogen-bond donors (Lipinski definition) is 2. The predicted octanol–water partition coefficient (Wildman–Crippen LogP) is 2.44. The number of nitro groups is 1. The number of ether oxygens (including phenoxy) is 1. The third-order valence-electron chi connectivity index (χ3n) is 5.89. The van der Waals surface area contributed by atoms with Gasteiger partial charge in [0.05, 0.1) is 11.5 Å². The molecular formula is C22H28N6O4. The van der Waals surface area contributed by atoms with Crippen LogP contribution >= 0.6 is 0 Å². The summed E-state index contributed by atoms with van der Waals surface area (Å²) < 4.78 is 5.86. The lowest BCUT2D eigenvalue weighted by Gasteiger charge is -2.35. The van der Waals surface area contributed by atoms with E-state index in [0.29, 0.717) is 18.8 Å². The number of carbonyl (C=O) groups is 1. The molecule has 1 aromatic heterocycles. The number of pyridine rings is 1. The third-order valence-corrected chi connectivity index (χ3v) is 5.89. The summed E-state index contributed by atoms with van der Waals surface area (Å²) in [5.41, 5.74) is 7.57. The van der Waals surface area contributed by atoms with Crippen LogP contribution in [0.4, 0.5) is 23.0 Å². The number of aryl methyl sites for hydroxylation is 1. The molecule has 2 aliphatic heterocycles. The molecule has 4 rings (SSSR count). The fourth-order valence-electron chi connectivity index (χ4n) is 4.06. The van der Waals surface area contributed by atoms with Gasteiger partial charge in [0.1, 0.15) is 11.6 Å². The van der Waals surface area contributed by atoms with Crippen molar-refractivity contribution in [1.29, 1.82) is 0 Å². The van der Waals surface area contributed by atoms with Gasteiger partial charge < -0.3 is 20.7 Å². The first-order valence-corrected chi connectivity index (χ1v) is 10.9. The van der Waals surface area contributed by atoms with Gasteiger partial charge in [-0.05, 0) is 43.5 Å². The molecule has 2 aromatic rings. The SMILES string of the molecule is Nc1nc(N2CCN(CCCCOc3ccc4c(c3)NC(=O)CC4)CC2)ccc1[N+](=O)[O-]. The van der Waals surface area contributed by atoms with Crippen molar-refractivity contribution in [3.05, 3.63) is 46.0 Å². The number of nitrogens with two attached hydrogens (primary N) is 1. The molecule has 1 amide bonds. The lowest BCUT2D eigenvalue weighted by molar-refractivity contribution is -0.384. The lowest BCUT2D eigenvalue weighted by atomic mass is 10.0. The number of nitrogens with one attached hydrogen (secondary N) is 1. The zero-order valence-electron chi connectivity index (χ0n) is 18.0. The molecule has 170 valence electrons. The first kappa shape index (κ1) is 21.8. The second kappa shape index (κ2) is 9.82. The summed E-state index contributed by atoms with van der Waals surface area (Å²) in [7, 11) is 0. The number of nitrogens with zero attached hydrogens (tertiary/aromatic N) is 4. The van der Waals surface area contributed by atoms with Gasteiger partial charge in [0.15, 0.2) is 0 Å². The molecule has 1 aromatic carbocycles. The highest BCUT2D eigenvalue weighted by Gasteiger charge is 2.20. The number of carbonyl (C=O) groups excluding carboxylic acids is 1. The zero-order valence-corrected chi connectivity index (χ0v) is 18.0. The monoisotopic (exact) mass is 440 g/mol. The molecule has 0 aliphatic carbocycles. The van der Waals surface area contributed by atoms with Gasteiger partial charge in [-0.3, -0.25) is 19.8 Å². The van der Waals surface area contributed by atoms with Crippen LogP contribution in [0.3, 0.4) is 0 Å². The number of rotatable bonds is 8. The third kappa shape index (κ3) is 5.25. The molecule has 1 fully saturated rings. The van der Waals surface area contributed by atoms with Crippen LogP contribution in [0.15, 0.2) is 30.3 Å². The smallest absolute Gasteiger partial charge is 0.311 e. The van der Waals surface area contributed by atoms with Gasteiger partial charge in [-0.1, -0.05) is 6.07 Å². The van der Waals surface area contributed by atoms with Crippen LogP contribution < -0.4 is 20.7 Å². The highest BCUT2D eigenvalue weighted by Crippen LogP contribution is 2.27. The maximum absolute atomic E-state index is 11.5. The molecule has 0 spiro atoms. The standard InChI is InChI=1S/C22H28N6O4/c23-22-19(28(30)31)6-7-20(25-22)27-12-10-26(11-13-27)9-1-2-14-32-17-5-3-16-4-8-21(29)24-18(16)15-17/h3,5-7,15H,1-2,4,8-14H2,(H2,23,25)(H,24,29). The first-order chi connectivity index (χ1) is 15.5. The van der Waals surface area contributed by atoms with Crippen LogP contribution in [0.25, 0.3) is 0 Å². The fraction of sp³-hybridized carbons (Fsp3) is 0.455. The maximum atomic E-state index is 11.5. The van der Waals surface area contributed by atoms with Crippen molar-refractivity contribution in [1.82, 2.24) is 9.88 Å². The molecule has 0 atom stereocenters. The minimum atomic E-state index is -0.517. The van der Waals surface area contributed by atoms with Gasteiger partial charge in [-0.15, -0.1) is 0 Å². The number of fused-ring (bicyclic) bond motifs is 1. The Morgan fingerprint density at radius 3 is 2.69 bits per heavy atom. The summed E-state index contributed by atoms with van der Waals surface area (Å²) in [4.78, 5) is 30.6. The second-order valence-corrected chi connectivity index (χ2v) is 8.08. The summed E-state index contributed by atoms with van der Waals surface area (Å²) in [5.74, 6) is 1.48. The highest BCUT2D eigenvalue weighted by atomic mass is 16.6. The normalized spacial score (nSPS) is 16.4. The second-order valence-electron chi connectivity index (χ2n) is 8.08. The van der Waals surface area contributed by atoms with Gasteiger partial charge >= 0.3 is 5.69 Å². The number of unbranched alkanes of at least 4 members (excludes halogenated alkanes) is 1. The Labute approximate surface area is 186 Å². The number of aromatic nitrogens is 1.